The number of nitrogens with two attached hydrogens (primary N) is 1. The highest BCUT2D eigenvalue weighted by Crippen LogP contribution is 2.07. The summed E-state index contributed by atoms with van der Waals surface area (Å²) in [6.45, 7) is 3.22. The predicted octanol–water partition coefficient (Wildman–Crippen LogP) is -2.08. The Balaban J connectivity index is 2.14. The summed E-state index contributed by atoms with van der Waals surface area (Å²) in [5, 5.41) is 25.3. The number of carboxylic acids is 2. The molecule has 0 aliphatic heterocycles. The number of aromatic nitrogens is 4. The highest BCUT2D eigenvalue weighted by atomic mass is 16.4. The molecule has 3 amide bonds. The third-order valence-corrected chi connectivity index (χ3v) is 5.18. The van der Waals surface area contributed by atoms with Crippen LogP contribution in [-0.4, -0.2) is 84.0 Å². The summed E-state index contributed by atoms with van der Waals surface area (Å²) in [5.41, 5.74) is 7.12. The van der Waals surface area contributed by atoms with Crippen LogP contribution in [0.15, 0.2) is 25.0 Å². The zero-order valence-corrected chi connectivity index (χ0v) is 19.7. The minimum atomic E-state index is -1.69. The van der Waals surface area contributed by atoms with E-state index in [-0.39, 0.29) is 12.8 Å². The first-order valence-electron chi connectivity index (χ1n) is 11.0. The molecule has 2 rings (SSSR count). The van der Waals surface area contributed by atoms with Crippen molar-refractivity contribution in [2.24, 2.45) is 11.7 Å². The van der Waals surface area contributed by atoms with Crippen LogP contribution in [0.2, 0.25) is 0 Å². The molecule has 2 aromatic heterocycles. The van der Waals surface area contributed by atoms with Crippen molar-refractivity contribution in [1.82, 2.24) is 35.9 Å². The van der Waals surface area contributed by atoms with E-state index < -0.39 is 66.2 Å². The monoisotopic (exact) mass is 506 g/mol. The maximum absolute atomic E-state index is 13.2. The summed E-state index contributed by atoms with van der Waals surface area (Å²) >= 11 is 0. The lowest BCUT2D eigenvalue weighted by Gasteiger charge is -2.26. The van der Waals surface area contributed by atoms with Crippen molar-refractivity contribution in [3.8, 4) is 0 Å². The molecular formula is C21H30N8O7. The lowest BCUT2D eigenvalue weighted by molar-refractivity contribution is -0.147. The molecule has 15 heteroatoms. The largest absolute Gasteiger partial charge is 0.481 e. The van der Waals surface area contributed by atoms with Crippen LogP contribution in [0.4, 0.5) is 0 Å². The summed E-state index contributed by atoms with van der Waals surface area (Å²) in [7, 11) is 0. The topological polar surface area (TPSA) is 245 Å². The smallest absolute Gasteiger partial charge is 0.326 e. The quantitative estimate of drug-likeness (QED) is 0.139. The fraction of sp³-hybridized carbons (Fsp3) is 0.476. The van der Waals surface area contributed by atoms with Gasteiger partial charge in [-0.3, -0.25) is 19.2 Å². The van der Waals surface area contributed by atoms with E-state index in [0.717, 1.165) is 0 Å². The van der Waals surface area contributed by atoms with Crippen molar-refractivity contribution in [1.29, 1.82) is 0 Å². The van der Waals surface area contributed by atoms with Gasteiger partial charge < -0.3 is 41.9 Å². The minimum absolute atomic E-state index is 0.00243. The van der Waals surface area contributed by atoms with Gasteiger partial charge in [-0.05, 0) is 5.92 Å². The van der Waals surface area contributed by atoms with E-state index in [4.69, 9.17) is 10.8 Å². The van der Waals surface area contributed by atoms with Crippen LogP contribution in [0, 0.1) is 5.92 Å². The number of hydrogen-bond acceptors (Lipinski definition) is 8. The molecule has 15 nitrogen and oxygen atoms in total. The fourth-order valence-corrected chi connectivity index (χ4v) is 3.26. The Morgan fingerprint density at radius 1 is 0.861 bits per heavy atom. The normalized spacial score (nSPS) is 14.3. The number of imidazole rings is 2. The van der Waals surface area contributed by atoms with Crippen LogP contribution < -0.4 is 21.7 Å². The number of amides is 3. The van der Waals surface area contributed by atoms with Gasteiger partial charge in [0.25, 0.3) is 0 Å². The molecule has 9 N–H and O–H groups in total. The first-order valence-corrected chi connectivity index (χ1v) is 11.0. The third-order valence-electron chi connectivity index (χ3n) is 5.18. The maximum Gasteiger partial charge on any atom is 0.326 e. The fourth-order valence-electron chi connectivity index (χ4n) is 3.26. The van der Waals surface area contributed by atoms with Gasteiger partial charge in [-0.2, -0.15) is 0 Å². The van der Waals surface area contributed by atoms with Crippen molar-refractivity contribution < 1.29 is 34.2 Å². The Labute approximate surface area is 205 Å². The number of carboxylic acid groups (broad SMARTS) is 2. The van der Waals surface area contributed by atoms with Crippen LogP contribution >= 0.6 is 0 Å². The molecule has 4 atom stereocenters. The third kappa shape index (κ3) is 8.50. The van der Waals surface area contributed by atoms with E-state index in [1.165, 1.54) is 25.0 Å². The van der Waals surface area contributed by atoms with E-state index in [1.54, 1.807) is 13.8 Å². The van der Waals surface area contributed by atoms with Gasteiger partial charge in [-0.25, -0.2) is 14.8 Å². The van der Waals surface area contributed by atoms with Crippen molar-refractivity contribution >= 4 is 29.7 Å². The Hall–Kier alpha value is -4.27. The Bertz CT molecular complexity index is 1040. The van der Waals surface area contributed by atoms with E-state index >= 15 is 0 Å². The summed E-state index contributed by atoms with van der Waals surface area (Å²) in [6.07, 6.45) is 5.12. The standard InChI is InChI=1S/C21H30N8O7/c1-10(2)17(20(34)28-15(21(35)36)5-16(30)31)29-19(33)14(4-12-7-24-9-26-12)27-18(32)13(22)3-11-6-23-8-25-11/h6-10,13-15,17H,3-5,22H2,1-2H3,(H,23,25)(H,24,26)(H,27,32)(H,28,34)(H,29,33)(H,30,31)(H,35,36). The second kappa shape index (κ2) is 13.0. The van der Waals surface area contributed by atoms with Crippen LogP contribution in [0.1, 0.15) is 31.7 Å². The molecule has 0 radical (unpaired) electrons. The zero-order valence-electron chi connectivity index (χ0n) is 19.7. The molecule has 4 unspecified atom stereocenters. The van der Waals surface area contributed by atoms with Gasteiger partial charge in [0.05, 0.1) is 25.1 Å². The van der Waals surface area contributed by atoms with Crippen LogP contribution in [0.25, 0.3) is 0 Å². The van der Waals surface area contributed by atoms with Gasteiger partial charge in [-0.1, -0.05) is 13.8 Å². The second-order valence-electron chi connectivity index (χ2n) is 8.46. The highest BCUT2D eigenvalue weighted by molar-refractivity contribution is 5.94. The molecule has 0 spiro atoms. The average Bonchev–Trinajstić information content (AvgIpc) is 3.49. The van der Waals surface area contributed by atoms with E-state index in [9.17, 15) is 29.1 Å². The molecule has 0 fully saturated rings. The molecule has 0 saturated heterocycles. The number of rotatable bonds is 14. The predicted molar refractivity (Wildman–Crippen MR) is 123 cm³/mol. The Morgan fingerprint density at radius 2 is 1.42 bits per heavy atom. The number of nitrogens with zero attached hydrogens (tertiary/aromatic N) is 2. The van der Waals surface area contributed by atoms with Crippen molar-refractivity contribution in [3.05, 3.63) is 36.4 Å². The van der Waals surface area contributed by atoms with E-state index in [0.29, 0.717) is 11.4 Å². The first kappa shape index (κ1) is 28.0. The van der Waals surface area contributed by atoms with Gasteiger partial charge in [-0.15, -0.1) is 0 Å². The first-order chi connectivity index (χ1) is 17.0. The molecule has 0 aliphatic carbocycles. The molecule has 0 aliphatic rings. The molecule has 0 aromatic carbocycles. The molecule has 0 bridgehead atoms. The maximum atomic E-state index is 13.2. The summed E-state index contributed by atoms with van der Waals surface area (Å²) < 4.78 is 0. The van der Waals surface area contributed by atoms with Gasteiger partial charge in [0.15, 0.2) is 0 Å². The van der Waals surface area contributed by atoms with Gasteiger partial charge >= 0.3 is 11.9 Å². The van der Waals surface area contributed by atoms with Crippen LogP contribution in [0.3, 0.4) is 0 Å². The zero-order chi connectivity index (χ0) is 26.8. The van der Waals surface area contributed by atoms with Crippen molar-refractivity contribution in [3.63, 3.8) is 0 Å². The van der Waals surface area contributed by atoms with Gasteiger partial charge in [0.1, 0.15) is 18.1 Å². The lowest BCUT2D eigenvalue weighted by atomic mass is 10.0. The van der Waals surface area contributed by atoms with E-state index in [1.807, 2.05) is 0 Å². The van der Waals surface area contributed by atoms with E-state index in [2.05, 4.69) is 35.9 Å². The Morgan fingerprint density at radius 3 is 1.89 bits per heavy atom. The van der Waals surface area contributed by atoms with Crippen molar-refractivity contribution in [2.45, 2.75) is 57.3 Å². The number of aliphatic carboxylic acids is 2. The van der Waals surface area contributed by atoms with Crippen molar-refractivity contribution in [2.75, 3.05) is 0 Å². The minimum Gasteiger partial charge on any atom is -0.481 e. The lowest BCUT2D eigenvalue weighted by Crippen LogP contribution is -2.59. The average molecular weight is 507 g/mol. The summed E-state index contributed by atoms with van der Waals surface area (Å²) in [4.78, 5) is 74.3. The number of aromatic amines is 2. The number of hydrogen-bond donors (Lipinski definition) is 8. The van der Waals surface area contributed by atoms with Gasteiger partial charge in [0.2, 0.25) is 17.7 Å². The number of nitrogens with one attached hydrogen (secondary N) is 5. The second-order valence-corrected chi connectivity index (χ2v) is 8.46. The summed E-state index contributed by atoms with van der Waals surface area (Å²) in [6, 6.07) is -5.06. The Kier molecular flexibility index (Phi) is 10.1. The summed E-state index contributed by atoms with van der Waals surface area (Å²) in [5.74, 6) is -5.68. The highest BCUT2D eigenvalue weighted by Gasteiger charge is 2.33. The molecular weight excluding hydrogens is 476 g/mol. The van der Waals surface area contributed by atoms with Gasteiger partial charge in [0, 0.05) is 36.6 Å². The van der Waals surface area contributed by atoms with Crippen LogP contribution in [0.5, 0.6) is 0 Å². The SMILES string of the molecule is CC(C)C(NC(=O)C(Cc1cnc[nH]1)NC(=O)C(N)Cc1cnc[nH]1)C(=O)NC(CC(=O)O)C(=O)O. The number of carbonyl (C=O) groups is 5. The number of carbonyl (C=O) groups excluding carboxylic acids is 3. The molecule has 196 valence electrons. The number of H-pyrrole nitrogens is 2. The van der Waals surface area contributed by atoms with Crippen LogP contribution in [-0.2, 0) is 36.8 Å². The molecule has 36 heavy (non-hydrogen) atoms. The molecule has 2 aromatic rings. The molecule has 0 saturated carbocycles. The molecule has 2 heterocycles.